The molecule has 0 saturated carbocycles. The largest absolute Gasteiger partial charge is 0.508 e. The number of hydrogen-bond donors (Lipinski definition) is 1. The maximum atomic E-state index is 14.1. The van der Waals surface area contributed by atoms with Crippen molar-refractivity contribution in [1.29, 1.82) is 0 Å². The number of benzene rings is 2. The van der Waals surface area contributed by atoms with Crippen molar-refractivity contribution in [2.45, 2.75) is 38.5 Å². The summed E-state index contributed by atoms with van der Waals surface area (Å²) in [5.74, 6) is 1.39. The van der Waals surface area contributed by atoms with Gasteiger partial charge < -0.3 is 14.7 Å². The lowest BCUT2D eigenvalue weighted by molar-refractivity contribution is 0.0855. The smallest absolute Gasteiger partial charge is 0.133 e. The third-order valence-electron chi connectivity index (χ3n) is 6.47. The Kier molecular flexibility index (Phi) is 5.07. The van der Waals surface area contributed by atoms with Gasteiger partial charge >= 0.3 is 0 Å². The molecule has 0 amide bonds. The predicted octanol–water partition coefficient (Wildman–Crippen LogP) is 5.55. The van der Waals surface area contributed by atoms with Crippen molar-refractivity contribution in [3.05, 3.63) is 53.3 Å². The van der Waals surface area contributed by atoms with Crippen LogP contribution in [0.4, 0.5) is 10.2 Å². The number of aryl methyl sites for hydroxylation is 1. The van der Waals surface area contributed by atoms with Gasteiger partial charge in [0.05, 0.1) is 5.52 Å². The van der Waals surface area contributed by atoms with E-state index in [-0.39, 0.29) is 11.6 Å². The van der Waals surface area contributed by atoms with Crippen LogP contribution in [-0.2, 0) is 4.74 Å². The van der Waals surface area contributed by atoms with Crippen LogP contribution < -0.4 is 4.90 Å². The first-order valence-corrected chi connectivity index (χ1v) is 10.9. The van der Waals surface area contributed by atoms with Crippen molar-refractivity contribution >= 4 is 16.7 Å². The van der Waals surface area contributed by atoms with Gasteiger partial charge in [-0.25, -0.2) is 9.37 Å². The third kappa shape index (κ3) is 3.41. The molecule has 0 spiro atoms. The second kappa shape index (κ2) is 7.88. The number of halogens is 1. The molecule has 0 radical (unpaired) electrons. The van der Waals surface area contributed by atoms with Gasteiger partial charge in [0.1, 0.15) is 17.4 Å². The van der Waals surface area contributed by atoms with Crippen LogP contribution in [0.5, 0.6) is 5.75 Å². The maximum absolute atomic E-state index is 14.1. The number of aromatic nitrogens is 1. The van der Waals surface area contributed by atoms with Crippen LogP contribution in [0, 0.1) is 12.7 Å². The Bertz CT molecular complexity index is 1090. The van der Waals surface area contributed by atoms with Gasteiger partial charge in [0.15, 0.2) is 0 Å². The minimum absolute atomic E-state index is 0.192. The molecular weight excluding hydrogens is 379 g/mol. The molecular formula is C25H27FN2O2. The number of anilines is 1. The number of aromatic hydroxyl groups is 1. The number of ether oxygens (including phenoxy) is 1. The molecule has 1 aromatic heterocycles. The molecule has 2 aliphatic heterocycles. The zero-order chi connectivity index (χ0) is 20.7. The van der Waals surface area contributed by atoms with Crippen molar-refractivity contribution < 1.29 is 14.2 Å². The average Bonchev–Trinajstić information content (AvgIpc) is 3.30. The summed E-state index contributed by atoms with van der Waals surface area (Å²) < 4.78 is 19.7. The summed E-state index contributed by atoms with van der Waals surface area (Å²) in [4.78, 5) is 7.45. The summed E-state index contributed by atoms with van der Waals surface area (Å²) in [6.45, 7) is 5.30. The van der Waals surface area contributed by atoms with E-state index in [2.05, 4.69) is 4.90 Å². The number of rotatable bonds is 3. The maximum Gasteiger partial charge on any atom is 0.133 e. The molecule has 30 heavy (non-hydrogen) atoms. The Balaban J connectivity index is 1.83. The Hall–Kier alpha value is -2.66. The summed E-state index contributed by atoms with van der Waals surface area (Å²) >= 11 is 0. The second-order valence-corrected chi connectivity index (χ2v) is 8.47. The lowest BCUT2D eigenvalue weighted by atomic mass is 9.83. The molecule has 0 aliphatic carbocycles. The van der Waals surface area contributed by atoms with E-state index in [0.29, 0.717) is 11.5 Å². The summed E-state index contributed by atoms with van der Waals surface area (Å²) in [6, 6.07) is 10.8. The van der Waals surface area contributed by atoms with Crippen molar-refractivity contribution in [1.82, 2.24) is 4.98 Å². The fraction of sp³-hybridized carbons (Fsp3) is 0.400. The van der Waals surface area contributed by atoms with Crippen molar-refractivity contribution in [2.75, 3.05) is 31.2 Å². The van der Waals surface area contributed by atoms with E-state index in [4.69, 9.17) is 9.72 Å². The molecule has 2 fully saturated rings. The highest BCUT2D eigenvalue weighted by atomic mass is 19.1. The first-order valence-electron chi connectivity index (χ1n) is 10.9. The van der Waals surface area contributed by atoms with Crippen molar-refractivity contribution in [3.63, 3.8) is 0 Å². The first kappa shape index (κ1) is 19.3. The monoisotopic (exact) mass is 406 g/mol. The van der Waals surface area contributed by atoms with Crippen LogP contribution in [-0.4, -0.2) is 36.4 Å². The molecule has 0 bridgehead atoms. The van der Waals surface area contributed by atoms with Gasteiger partial charge in [-0.05, 0) is 79.5 Å². The number of phenolic OH excluding ortho intramolecular Hbond substituents is 1. The highest BCUT2D eigenvalue weighted by Gasteiger charge is 2.29. The summed E-state index contributed by atoms with van der Waals surface area (Å²) in [7, 11) is 0. The topological polar surface area (TPSA) is 45.6 Å². The number of nitrogens with zero attached hydrogens (tertiary/aromatic N) is 2. The van der Waals surface area contributed by atoms with E-state index >= 15 is 0 Å². The Labute approximate surface area is 176 Å². The van der Waals surface area contributed by atoms with Crippen LogP contribution in [0.2, 0.25) is 0 Å². The lowest BCUT2D eigenvalue weighted by Crippen LogP contribution is -2.24. The lowest BCUT2D eigenvalue weighted by Gasteiger charge is -2.31. The molecule has 0 unspecified atom stereocenters. The third-order valence-corrected chi connectivity index (χ3v) is 6.47. The van der Waals surface area contributed by atoms with E-state index < -0.39 is 0 Å². The average molecular weight is 407 g/mol. The van der Waals surface area contributed by atoms with Gasteiger partial charge in [0.2, 0.25) is 0 Å². The number of hydrogen-bond acceptors (Lipinski definition) is 4. The fourth-order valence-corrected chi connectivity index (χ4v) is 4.91. The highest BCUT2D eigenvalue weighted by Crippen LogP contribution is 2.45. The minimum Gasteiger partial charge on any atom is -0.508 e. The second-order valence-electron chi connectivity index (χ2n) is 8.47. The SMILES string of the molecule is Cc1cc(-c2c(C3CCOCC3)c(N3CCCC3)nc3cc(O)ccc23)ccc1F. The van der Waals surface area contributed by atoms with E-state index in [9.17, 15) is 9.50 Å². The number of phenols is 1. The molecule has 3 aromatic rings. The Morgan fingerprint density at radius 2 is 1.83 bits per heavy atom. The number of pyridine rings is 1. The minimum atomic E-state index is -0.192. The van der Waals surface area contributed by atoms with Gasteiger partial charge in [-0.2, -0.15) is 0 Å². The summed E-state index contributed by atoms with van der Waals surface area (Å²) in [5, 5.41) is 11.1. The van der Waals surface area contributed by atoms with E-state index in [1.54, 1.807) is 18.2 Å². The van der Waals surface area contributed by atoms with Gasteiger partial charge in [-0.15, -0.1) is 0 Å². The predicted molar refractivity (Wildman–Crippen MR) is 118 cm³/mol. The molecule has 2 aliphatic rings. The normalized spacial score (nSPS) is 17.7. The van der Waals surface area contributed by atoms with Crippen LogP contribution in [0.3, 0.4) is 0 Å². The zero-order valence-corrected chi connectivity index (χ0v) is 17.3. The Morgan fingerprint density at radius 3 is 2.57 bits per heavy atom. The van der Waals surface area contributed by atoms with Gasteiger partial charge in [-0.1, -0.05) is 6.07 Å². The molecule has 0 atom stereocenters. The van der Waals surface area contributed by atoms with E-state index in [1.165, 1.54) is 5.56 Å². The Morgan fingerprint density at radius 1 is 1.07 bits per heavy atom. The molecule has 156 valence electrons. The molecule has 3 heterocycles. The molecule has 2 aromatic carbocycles. The molecule has 1 N–H and O–H groups in total. The van der Waals surface area contributed by atoms with Gasteiger partial charge in [0, 0.05) is 43.3 Å². The quantitative estimate of drug-likeness (QED) is 0.619. The van der Waals surface area contributed by atoms with E-state index in [0.717, 1.165) is 79.8 Å². The van der Waals surface area contributed by atoms with Gasteiger partial charge in [-0.3, -0.25) is 0 Å². The standard InChI is InChI=1S/C25H27FN2O2/c1-16-14-18(4-7-21(16)26)23-20-6-5-19(29)15-22(20)27-25(28-10-2-3-11-28)24(23)17-8-12-30-13-9-17/h4-7,14-15,17,29H,2-3,8-13H2,1H3. The van der Waals surface area contributed by atoms with Gasteiger partial charge in [0.25, 0.3) is 0 Å². The highest BCUT2D eigenvalue weighted by molar-refractivity contribution is 5.99. The zero-order valence-electron chi connectivity index (χ0n) is 17.3. The first-order chi connectivity index (χ1) is 14.6. The van der Waals surface area contributed by atoms with Crippen LogP contribution in [0.25, 0.3) is 22.0 Å². The van der Waals surface area contributed by atoms with Crippen LogP contribution >= 0.6 is 0 Å². The summed E-state index contributed by atoms with van der Waals surface area (Å²) in [6.07, 6.45) is 4.24. The number of fused-ring (bicyclic) bond motifs is 1. The van der Waals surface area contributed by atoms with Crippen LogP contribution in [0.1, 0.15) is 42.7 Å². The van der Waals surface area contributed by atoms with Crippen molar-refractivity contribution in [3.8, 4) is 16.9 Å². The van der Waals surface area contributed by atoms with Crippen molar-refractivity contribution in [2.24, 2.45) is 0 Å². The molecule has 5 rings (SSSR count). The van der Waals surface area contributed by atoms with Crippen LogP contribution in [0.15, 0.2) is 36.4 Å². The fourth-order valence-electron chi connectivity index (χ4n) is 4.91. The van der Waals surface area contributed by atoms with E-state index in [1.807, 2.05) is 25.1 Å². The summed E-state index contributed by atoms with van der Waals surface area (Å²) in [5.41, 5.74) is 4.80. The molecule has 5 heteroatoms. The molecule has 4 nitrogen and oxygen atoms in total. The molecule has 2 saturated heterocycles.